The Morgan fingerprint density at radius 3 is 2.55 bits per heavy atom. The van der Waals surface area contributed by atoms with Crippen LogP contribution in [0, 0.1) is 0 Å². The minimum Gasteiger partial charge on any atom is -0.497 e. The Balaban J connectivity index is 1.59. The molecule has 0 bridgehead atoms. The van der Waals surface area contributed by atoms with Crippen LogP contribution in [0.25, 0.3) is 17.1 Å². The normalized spacial score (nSPS) is 11.8. The van der Waals surface area contributed by atoms with E-state index in [1.54, 1.807) is 18.4 Å². The van der Waals surface area contributed by atoms with Crippen LogP contribution in [-0.2, 0) is 11.3 Å². The zero-order chi connectivity index (χ0) is 21.6. The number of thiophene rings is 1. The van der Waals surface area contributed by atoms with E-state index in [9.17, 15) is 4.79 Å². The van der Waals surface area contributed by atoms with Crippen molar-refractivity contribution < 1.29 is 9.53 Å². The molecule has 0 spiro atoms. The van der Waals surface area contributed by atoms with Gasteiger partial charge in [0.05, 0.1) is 18.9 Å². The third-order valence-electron chi connectivity index (χ3n) is 4.66. The molecule has 0 fully saturated rings. The van der Waals surface area contributed by atoms with Gasteiger partial charge in [0, 0.05) is 16.1 Å². The fraction of sp³-hybridized carbons (Fsp3) is 0.174. The van der Waals surface area contributed by atoms with Crippen molar-refractivity contribution in [3.63, 3.8) is 0 Å². The number of carbonyl (C=O) groups is 1. The number of para-hydroxylation sites is 1. The molecular formula is C23H22N4O2S2. The van der Waals surface area contributed by atoms with Gasteiger partial charge in [-0.15, -0.1) is 21.5 Å². The van der Waals surface area contributed by atoms with Crippen LogP contribution in [0.1, 0.15) is 11.8 Å². The lowest BCUT2D eigenvalue weighted by molar-refractivity contribution is -0.120. The zero-order valence-corrected chi connectivity index (χ0v) is 18.8. The quantitative estimate of drug-likeness (QED) is 0.391. The highest BCUT2D eigenvalue weighted by Gasteiger charge is 2.22. The maximum atomic E-state index is 12.6. The van der Waals surface area contributed by atoms with Crippen molar-refractivity contribution in [2.24, 2.45) is 0 Å². The van der Waals surface area contributed by atoms with Gasteiger partial charge in [0.15, 0.2) is 11.0 Å². The minimum atomic E-state index is -0.324. The number of nitrogens with one attached hydrogen (secondary N) is 1. The van der Waals surface area contributed by atoms with E-state index in [1.165, 1.54) is 11.8 Å². The standard InChI is InChI=1S/C23H22N4O2S2/c1-16(22(28)24-15-20-9-6-14-30-20)31-23-26-25-21(17-10-12-19(29-2)13-11-17)27(23)18-7-4-3-5-8-18/h3-14,16H,15H2,1-2H3,(H,24,28). The van der Waals surface area contributed by atoms with E-state index < -0.39 is 0 Å². The maximum Gasteiger partial charge on any atom is 0.233 e. The van der Waals surface area contributed by atoms with Crippen LogP contribution in [0.4, 0.5) is 0 Å². The summed E-state index contributed by atoms with van der Waals surface area (Å²) in [4.78, 5) is 13.8. The summed E-state index contributed by atoms with van der Waals surface area (Å²) >= 11 is 3.02. The van der Waals surface area contributed by atoms with Gasteiger partial charge >= 0.3 is 0 Å². The highest BCUT2D eigenvalue weighted by molar-refractivity contribution is 8.00. The van der Waals surface area contributed by atoms with Gasteiger partial charge < -0.3 is 10.1 Å². The molecule has 1 amide bonds. The molecule has 158 valence electrons. The van der Waals surface area contributed by atoms with Crippen LogP contribution in [0.3, 0.4) is 0 Å². The van der Waals surface area contributed by atoms with Crippen LogP contribution < -0.4 is 10.1 Å². The van der Waals surface area contributed by atoms with Crippen LogP contribution >= 0.6 is 23.1 Å². The molecule has 0 aliphatic rings. The summed E-state index contributed by atoms with van der Waals surface area (Å²) in [5.41, 5.74) is 1.85. The van der Waals surface area contributed by atoms with Gasteiger partial charge in [-0.25, -0.2) is 0 Å². The molecular weight excluding hydrogens is 428 g/mol. The van der Waals surface area contributed by atoms with Gasteiger partial charge in [-0.1, -0.05) is 36.0 Å². The number of ether oxygens (including phenoxy) is 1. The third kappa shape index (κ3) is 4.98. The van der Waals surface area contributed by atoms with E-state index >= 15 is 0 Å². The summed E-state index contributed by atoms with van der Waals surface area (Å²) in [7, 11) is 1.64. The number of aromatic nitrogens is 3. The molecule has 0 saturated heterocycles. The van der Waals surface area contributed by atoms with E-state index in [4.69, 9.17) is 4.74 Å². The smallest absolute Gasteiger partial charge is 0.233 e. The Hall–Kier alpha value is -3.10. The fourth-order valence-electron chi connectivity index (χ4n) is 3.03. The van der Waals surface area contributed by atoms with Gasteiger partial charge in [0.2, 0.25) is 5.91 Å². The summed E-state index contributed by atoms with van der Waals surface area (Å²) in [5.74, 6) is 1.45. The van der Waals surface area contributed by atoms with E-state index in [-0.39, 0.29) is 11.2 Å². The molecule has 2 aromatic carbocycles. The van der Waals surface area contributed by atoms with Crippen molar-refractivity contribution in [2.75, 3.05) is 7.11 Å². The lowest BCUT2D eigenvalue weighted by Gasteiger charge is -2.14. The average Bonchev–Trinajstić information content (AvgIpc) is 3.48. The Bertz CT molecular complexity index is 1130. The second-order valence-electron chi connectivity index (χ2n) is 6.76. The average molecular weight is 451 g/mol. The maximum absolute atomic E-state index is 12.6. The first kappa shape index (κ1) is 21.1. The number of benzene rings is 2. The van der Waals surface area contributed by atoms with Crippen molar-refractivity contribution >= 4 is 29.0 Å². The predicted octanol–water partition coefficient (Wildman–Crippen LogP) is 4.80. The monoisotopic (exact) mass is 450 g/mol. The molecule has 0 aliphatic carbocycles. The molecule has 1 unspecified atom stereocenters. The molecule has 2 heterocycles. The number of hydrogen-bond donors (Lipinski definition) is 1. The number of hydrogen-bond acceptors (Lipinski definition) is 6. The van der Waals surface area contributed by atoms with Crippen molar-refractivity contribution in [2.45, 2.75) is 23.9 Å². The van der Waals surface area contributed by atoms with Gasteiger partial charge in [-0.05, 0) is 54.8 Å². The molecule has 1 atom stereocenters. The molecule has 0 aliphatic heterocycles. The van der Waals surface area contributed by atoms with Crippen molar-refractivity contribution in [1.29, 1.82) is 0 Å². The van der Waals surface area contributed by atoms with E-state index in [0.717, 1.165) is 21.9 Å². The summed E-state index contributed by atoms with van der Waals surface area (Å²) in [6.45, 7) is 2.41. The summed E-state index contributed by atoms with van der Waals surface area (Å²) in [6, 6.07) is 21.6. The van der Waals surface area contributed by atoms with Gasteiger partial charge in [-0.3, -0.25) is 9.36 Å². The topological polar surface area (TPSA) is 69.0 Å². The van der Waals surface area contributed by atoms with Crippen LogP contribution in [0.5, 0.6) is 5.75 Å². The first-order chi connectivity index (χ1) is 15.2. The number of thioether (sulfide) groups is 1. The molecule has 8 heteroatoms. The summed E-state index contributed by atoms with van der Waals surface area (Å²) in [6.07, 6.45) is 0. The third-order valence-corrected chi connectivity index (χ3v) is 6.58. The molecule has 31 heavy (non-hydrogen) atoms. The van der Waals surface area contributed by atoms with Gasteiger partial charge in [0.25, 0.3) is 0 Å². The second-order valence-corrected chi connectivity index (χ2v) is 9.10. The Kier molecular flexibility index (Phi) is 6.69. The molecule has 0 saturated carbocycles. The number of rotatable bonds is 8. The van der Waals surface area contributed by atoms with E-state index in [2.05, 4.69) is 15.5 Å². The van der Waals surface area contributed by atoms with E-state index in [1.807, 2.05) is 83.6 Å². The van der Waals surface area contributed by atoms with Crippen LogP contribution in [0.15, 0.2) is 77.3 Å². The zero-order valence-electron chi connectivity index (χ0n) is 17.2. The molecule has 4 aromatic rings. The minimum absolute atomic E-state index is 0.0352. The molecule has 1 N–H and O–H groups in total. The first-order valence-corrected chi connectivity index (χ1v) is 11.5. The Morgan fingerprint density at radius 1 is 1.10 bits per heavy atom. The number of methoxy groups -OCH3 is 1. The van der Waals surface area contributed by atoms with Crippen LogP contribution in [-0.4, -0.2) is 33.0 Å². The highest BCUT2D eigenvalue weighted by Crippen LogP contribution is 2.31. The molecule has 6 nitrogen and oxygen atoms in total. The summed E-state index contributed by atoms with van der Waals surface area (Å²) < 4.78 is 7.24. The second kappa shape index (κ2) is 9.80. The summed E-state index contributed by atoms with van der Waals surface area (Å²) in [5, 5.41) is 14.2. The molecule has 2 aromatic heterocycles. The largest absolute Gasteiger partial charge is 0.497 e. The first-order valence-electron chi connectivity index (χ1n) is 9.77. The molecule has 4 rings (SSSR count). The number of nitrogens with zero attached hydrogens (tertiary/aromatic N) is 3. The van der Waals surface area contributed by atoms with Gasteiger partial charge in [0.1, 0.15) is 5.75 Å². The van der Waals surface area contributed by atoms with Crippen molar-refractivity contribution in [3.8, 4) is 22.8 Å². The lowest BCUT2D eigenvalue weighted by Crippen LogP contribution is -2.30. The van der Waals surface area contributed by atoms with E-state index in [0.29, 0.717) is 17.5 Å². The SMILES string of the molecule is COc1ccc(-c2nnc(SC(C)C(=O)NCc3cccs3)n2-c2ccccc2)cc1. The Morgan fingerprint density at radius 2 is 1.87 bits per heavy atom. The fourth-order valence-corrected chi connectivity index (χ4v) is 4.56. The van der Waals surface area contributed by atoms with Crippen LogP contribution in [0.2, 0.25) is 0 Å². The van der Waals surface area contributed by atoms with Gasteiger partial charge in [-0.2, -0.15) is 0 Å². The highest BCUT2D eigenvalue weighted by atomic mass is 32.2. The number of amides is 1. The molecule has 0 radical (unpaired) electrons. The predicted molar refractivity (Wildman–Crippen MR) is 125 cm³/mol. The van der Waals surface area contributed by atoms with Crippen molar-refractivity contribution in [3.05, 3.63) is 77.0 Å². The Labute approximate surface area is 189 Å². The van der Waals surface area contributed by atoms with Crippen molar-refractivity contribution in [1.82, 2.24) is 20.1 Å². The number of carbonyl (C=O) groups excluding carboxylic acids is 1. The lowest BCUT2D eigenvalue weighted by atomic mass is 10.2.